The first-order valence-corrected chi connectivity index (χ1v) is 12.9. The van der Waals surface area contributed by atoms with Gasteiger partial charge in [0.15, 0.2) is 11.4 Å². The number of Topliss-reactive ketones (excluding diaryl/α,β-unsaturated/α-hetero) is 2. The highest BCUT2D eigenvalue weighted by Crippen LogP contribution is 2.53. The number of carbonyl (C=O) groups is 3. The lowest BCUT2D eigenvalue weighted by molar-refractivity contribution is -0.148. The van der Waals surface area contributed by atoms with Crippen molar-refractivity contribution in [2.75, 3.05) is 33.1 Å². The van der Waals surface area contributed by atoms with E-state index in [2.05, 4.69) is 16.8 Å². The van der Waals surface area contributed by atoms with Crippen LogP contribution in [0.5, 0.6) is 5.75 Å². The Morgan fingerprint density at radius 3 is 2.44 bits per heavy atom. The predicted octanol–water partition coefficient (Wildman–Crippen LogP) is 0.981. The number of allylic oxidation sites excluding steroid dienone is 1. The molecular formula is C30H30N4O7. The summed E-state index contributed by atoms with van der Waals surface area (Å²) in [7, 11) is 6.75. The van der Waals surface area contributed by atoms with Crippen molar-refractivity contribution in [1.82, 2.24) is 9.88 Å². The number of aliphatic hydroxyl groups is 3. The molecule has 0 radical (unpaired) electrons. The van der Waals surface area contributed by atoms with Gasteiger partial charge in [-0.1, -0.05) is 11.8 Å². The van der Waals surface area contributed by atoms with E-state index in [1.165, 1.54) is 4.90 Å². The van der Waals surface area contributed by atoms with Crippen LogP contribution in [0.15, 0.2) is 53.3 Å². The number of carbonyl (C=O) groups excluding carboxylic acids is 3. The maximum atomic E-state index is 14.1. The molecule has 1 heterocycles. The molecule has 0 fully saturated rings. The van der Waals surface area contributed by atoms with E-state index in [-0.39, 0.29) is 29.5 Å². The number of fused-ring (bicyclic) bond motifs is 3. The Labute approximate surface area is 236 Å². The lowest BCUT2D eigenvalue weighted by atomic mass is 9.58. The maximum absolute atomic E-state index is 14.1. The van der Waals surface area contributed by atoms with E-state index in [1.807, 2.05) is 0 Å². The van der Waals surface area contributed by atoms with E-state index >= 15 is 0 Å². The van der Waals surface area contributed by atoms with Gasteiger partial charge >= 0.3 is 0 Å². The van der Waals surface area contributed by atoms with Crippen LogP contribution in [0.4, 0.5) is 5.69 Å². The number of primary amides is 1. The predicted molar refractivity (Wildman–Crippen MR) is 148 cm³/mol. The smallest absolute Gasteiger partial charge is 0.255 e. The molecule has 3 aliphatic rings. The zero-order valence-corrected chi connectivity index (χ0v) is 23.0. The number of pyridine rings is 1. The molecule has 11 nitrogen and oxygen atoms in total. The first kappa shape index (κ1) is 27.9. The number of phenolic OH excluding ortho intramolecular Hbond substituents is 1. The van der Waals surface area contributed by atoms with Crippen molar-refractivity contribution in [2.24, 2.45) is 17.6 Å². The van der Waals surface area contributed by atoms with Crippen molar-refractivity contribution in [3.63, 3.8) is 0 Å². The van der Waals surface area contributed by atoms with Crippen LogP contribution in [0, 0.1) is 23.7 Å². The van der Waals surface area contributed by atoms with Crippen molar-refractivity contribution in [2.45, 2.75) is 24.5 Å². The number of ketones is 2. The summed E-state index contributed by atoms with van der Waals surface area (Å²) in [5.41, 5.74) is 3.45. The van der Waals surface area contributed by atoms with E-state index in [0.29, 0.717) is 16.8 Å². The number of likely N-dealkylation sites (N-methyl/N-ethyl adjacent to an activating group) is 1. The van der Waals surface area contributed by atoms with Crippen molar-refractivity contribution in [3.05, 3.63) is 75.5 Å². The molecule has 6 N–H and O–H groups in total. The van der Waals surface area contributed by atoms with E-state index in [9.17, 15) is 34.8 Å². The molecule has 212 valence electrons. The number of aromatic nitrogens is 1. The van der Waals surface area contributed by atoms with Gasteiger partial charge in [-0.05, 0) is 56.6 Å². The summed E-state index contributed by atoms with van der Waals surface area (Å²) in [5, 5.41) is 45.4. The van der Waals surface area contributed by atoms with E-state index < -0.39 is 63.8 Å². The minimum atomic E-state index is -2.69. The van der Waals surface area contributed by atoms with Crippen molar-refractivity contribution in [3.8, 4) is 17.6 Å². The Morgan fingerprint density at radius 2 is 1.85 bits per heavy atom. The number of nitrogens with zero attached hydrogens (tertiary/aromatic N) is 3. The quantitative estimate of drug-likeness (QED) is 0.269. The third-order valence-electron chi connectivity index (χ3n) is 8.18. The molecule has 2 aromatic rings. The molecule has 0 saturated heterocycles. The molecule has 0 aliphatic heterocycles. The van der Waals surface area contributed by atoms with E-state index in [1.54, 1.807) is 63.7 Å². The summed E-state index contributed by atoms with van der Waals surface area (Å²) in [6, 6.07) is 4.09. The molecule has 0 unspecified atom stereocenters. The molecule has 4 atom stereocenters. The first-order chi connectivity index (χ1) is 19.3. The van der Waals surface area contributed by atoms with E-state index in [4.69, 9.17) is 5.73 Å². The number of aromatic hydroxyl groups is 1. The fourth-order valence-electron chi connectivity index (χ4n) is 6.37. The highest BCUT2D eigenvalue weighted by atomic mass is 16.3. The summed E-state index contributed by atoms with van der Waals surface area (Å²) in [6.45, 7) is 0. The molecule has 0 spiro atoms. The van der Waals surface area contributed by atoms with Crippen LogP contribution in [0.1, 0.15) is 33.5 Å². The SMILES string of the molecule is CN(C)c1cc(C#Cc2cccnc2)c(O)c2c1C[C@H]1C[C@@H]3[C@H](N(C)C)C(O)=C(C(N)=O)C(=O)[C@@]3(O)C(O)=C1C2=O. The molecule has 1 aromatic heterocycles. The van der Waals surface area contributed by atoms with Gasteiger partial charge in [0.25, 0.3) is 5.91 Å². The third-order valence-corrected chi connectivity index (χ3v) is 8.18. The number of phenols is 1. The number of hydrogen-bond acceptors (Lipinski definition) is 10. The Balaban J connectivity index is 1.72. The summed E-state index contributed by atoms with van der Waals surface area (Å²) >= 11 is 0. The monoisotopic (exact) mass is 558 g/mol. The zero-order valence-electron chi connectivity index (χ0n) is 23.0. The first-order valence-electron chi connectivity index (χ1n) is 12.9. The van der Waals surface area contributed by atoms with Gasteiger partial charge in [-0.3, -0.25) is 24.3 Å². The fraction of sp³-hybridized carbons (Fsp3) is 0.333. The summed E-state index contributed by atoms with van der Waals surface area (Å²) in [5.74, 6) is -1.16. The van der Waals surface area contributed by atoms with Gasteiger partial charge in [-0.15, -0.1) is 0 Å². The summed E-state index contributed by atoms with van der Waals surface area (Å²) in [4.78, 5) is 47.0. The zero-order chi connectivity index (χ0) is 30.0. The molecule has 3 aliphatic carbocycles. The van der Waals surface area contributed by atoms with Crippen LogP contribution >= 0.6 is 0 Å². The molecule has 1 aromatic carbocycles. The van der Waals surface area contributed by atoms with Crippen molar-refractivity contribution in [1.29, 1.82) is 0 Å². The average molecular weight is 559 g/mol. The second kappa shape index (κ2) is 9.76. The molecule has 0 bridgehead atoms. The van der Waals surface area contributed by atoms with Crippen LogP contribution < -0.4 is 10.6 Å². The Hall–Kier alpha value is -4.66. The topological polar surface area (TPSA) is 178 Å². The largest absolute Gasteiger partial charge is 0.510 e. The summed E-state index contributed by atoms with van der Waals surface area (Å²) < 4.78 is 0. The molecule has 1 amide bonds. The molecule has 0 saturated carbocycles. The number of anilines is 1. The van der Waals surface area contributed by atoms with Crippen LogP contribution in [-0.2, 0) is 16.0 Å². The van der Waals surface area contributed by atoms with Crippen molar-refractivity contribution >= 4 is 23.2 Å². The highest BCUT2D eigenvalue weighted by Gasteiger charge is 2.63. The van der Waals surface area contributed by atoms with Crippen LogP contribution in [0.25, 0.3) is 0 Å². The Morgan fingerprint density at radius 1 is 1.15 bits per heavy atom. The number of amides is 1. The lowest BCUT2D eigenvalue weighted by Crippen LogP contribution is -2.63. The third kappa shape index (κ3) is 4.06. The number of rotatable bonds is 3. The normalized spacial score (nSPS) is 25.3. The van der Waals surface area contributed by atoms with Gasteiger partial charge in [-0.2, -0.15) is 0 Å². The fourth-order valence-corrected chi connectivity index (χ4v) is 6.37. The molecular weight excluding hydrogens is 528 g/mol. The second-order valence-corrected chi connectivity index (χ2v) is 11.0. The Kier molecular flexibility index (Phi) is 6.64. The number of hydrogen-bond donors (Lipinski definition) is 5. The van der Waals surface area contributed by atoms with E-state index in [0.717, 1.165) is 0 Å². The Bertz CT molecular complexity index is 1630. The van der Waals surface area contributed by atoms with Crippen LogP contribution in [0.3, 0.4) is 0 Å². The van der Waals surface area contributed by atoms with Gasteiger partial charge < -0.3 is 31.1 Å². The highest BCUT2D eigenvalue weighted by molar-refractivity contribution is 6.25. The molecule has 5 rings (SSSR count). The van der Waals surface area contributed by atoms with Crippen LogP contribution in [-0.4, -0.2) is 87.6 Å². The standard InChI is InChI=1S/C30H30N4O7/c1-33(2)19-12-15(8-7-14-6-5-9-32-13-14)24(35)21-17(19)10-16-11-18-23(34(3)4)26(37)22(29(31)40)28(39)30(18,41)27(38)20(16)25(21)36/h5-6,9,12-13,16,18,23,35,37-38,41H,10-11H2,1-4H3,(H2,31,40)/t16-,18+,23-,30-/m0/s1. The summed E-state index contributed by atoms with van der Waals surface area (Å²) in [6.07, 6.45) is 3.36. The van der Waals surface area contributed by atoms with Gasteiger partial charge in [0, 0.05) is 49.2 Å². The van der Waals surface area contributed by atoms with Gasteiger partial charge in [0.1, 0.15) is 22.8 Å². The number of benzene rings is 1. The second-order valence-electron chi connectivity index (χ2n) is 11.0. The molecule has 41 heavy (non-hydrogen) atoms. The van der Waals surface area contributed by atoms with Gasteiger partial charge in [-0.25, -0.2) is 0 Å². The van der Waals surface area contributed by atoms with Crippen LogP contribution in [0.2, 0.25) is 0 Å². The van der Waals surface area contributed by atoms with Gasteiger partial charge in [0.2, 0.25) is 5.78 Å². The van der Waals surface area contributed by atoms with Gasteiger partial charge in [0.05, 0.1) is 17.2 Å². The average Bonchev–Trinajstić information content (AvgIpc) is 2.90. The minimum absolute atomic E-state index is 0.0158. The molecule has 11 heteroatoms. The maximum Gasteiger partial charge on any atom is 0.255 e. The number of nitrogens with two attached hydrogens (primary N) is 1. The number of aliphatic hydroxyl groups excluding tert-OH is 2. The lowest BCUT2D eigenvalue weighted by Gasteiger charge is -2.50. The van der Waals surface area contributed by atoms with Crippen molar-refractivity contribution < 1.29 is 34.8 Å². The minimum Gasteiger partial charge on any atom is -0.510 e.